The van der Waals surface area contributed by atoms with E-state index in [1.54, 1.807) is 12.3 Å². The number of aromatic hydroxyl groups is 1. The number of hydrogen-bond donors (Lipinski definition) is 4. The minimum absolute atomic E-state index is 0.113. The predicted molar refractivity (Wildman–Crippen MR) is 106 cm³/mol. The van der Waals surface area contributed by atoms with Crippen molar-refractivity contribution in [1.82, 2.24) is 9.97 Å². The van der Waals surface area contributed by atoms with E-state index < -0.39 is 5.97 Å². The number of rotatable bonds is 4. The zero-order chi connectivity index (χ0) is 19.8. The Hall–Kier alpha value is -3.81. The van der Waals surface area contributed by atoms with Gasteiger partial charge >= 0.3 is 5.97 Å². The third-order valence-electron chi connectivity index (χ3n) is 4.91. The molecule has 0 atom stereocenters. The van der Waals surface area contributed by atoms with E-state index in [0.717, 1.165) is 40.9 Å². The molecule has 28 heavy (non-hydrogen) atoms. The van der Waals surface area contributed by atoms with Crippen LogP contribution in [0.4, 0.5) is 17.5 Å². The van der Waals surface area contributed by atoms with Gasteiger partial charge in [0.15, 0.2) is 0 Å². The Kier molecular flexibility index (Phi) is 4.23. The second kappa shape index (κ2) is 6.73. The van der Waals surface area contributed by atoms with Gasteiger partial charge in [0.05, 0.1) is 0 Å². The molecule has 0 fully saturated rings. The molecule has 8 nitrogen and oxygen atoms in total. The number of carbonyl (C=O) groups is 1. The van der Waals surface area contributed by atoms with Crippen LogP contribution in [0.15, 0.2) is 42.6 Å². The molecule has 142 valence electrons. The van der Waals surface area contributed by atoms with Crippen LogP contribution in [-0.2, 0) is 13.0 Å². The third kappa shape index (κ3) is 3.16. The number of nitrogens with zero attached hydrogens (tertiary/aromatic N) is 3. The van der Waals surface area contributed by atoms with Crippen molar-refractivity contribution in [3.05, 3.63) is 59.3 Å². The molecule has 0 bridgehead atoms. The number of carboxylic acids is 1. The Labute approximate surface area is 161 Å². The van der Waals surface area contributed by atoms with Gasteiger partial charge in [-0.25, -0.2) is 9.78 Å². The Morgan fingerprint density at radius 2 is 1.89 bits per heavy atom. The maximum atomic E-state index is 11.3. The molecular weight excluding hydrogens is 358 g/mol. The number of aromatic carboxylic acids is 1. The Bertz CT molecular complexity index is 1080. The highest BCUT2D eigenvalue weighted by Crippen LogP contribution is 2.34. The van der Waals surface area contributed by atoms with Crippen LogP contribution in [-0.4, -0.2) is 32.7 Å². The van der Waals surface area contributed by atoms with Crippen molar-refractivity contribution in [3.63, 3.8) is 0 Å². The lowest BCUT2D eigenvalue weighted by Gasteiger charge is -2.20. The smallest absolute Gasteiger partial charge is 0.339 e. The van der Waals surface area contributed by atoms with Crippen LogP contribution in [0.5, 0.6) is 5.75 Å². The Morgan fingerprint density at radius 1 is 1.14 bits per heavy atom. The van der Waals surface area contributed by atoms with Gasteiger partial charge in [-0.15, -0.1) is 0 Å². The van der Waals surface area contributed by atoms with Crippen LogP contribution in [0.2, 0.25) is 0 Å². The van der Waals surface area contributed by atoms with E-state index in [-0.39, 0.29) is 17.3 Å². The molecule has 2 heterocycles. The second-order valence-corrected chi connectivity index (χ2v) is 6.69. The van der Waals surface area contributed by atoms with E-state index >= 15 is 0 Å². The van der Waals surface area contributed by atoms with Crippen LogP contribution in [0.25, 0.3) is 11.1 Å². The number of aromatic nitrogens is 2. The maximum Gasteiger partial charge on any atom is 0.339 e. The van der Waals surface area contributed by atoms with Gasteiger partial charge in [0.25, 0.3) is 0 Å². The SMILES string of the molecule is Nc1ncc(CN2CCc3cc(-c4ccc(O)c(C(=O)O)c4)ccc32)c(N)n1. The zero-order valence-corrected chi connectivity index (χ0v) is 15.0. The summed E-state index contributed by atoms with van der Waals surface area (Å²) in [6, 6.07) is 10.6. The van der Waals surface area contributed by atoms with Gasteiger partial charge in [0.2, 0.25) is 5.95 Å². The molecule has 0 saturated heterocycles. The van der Waals surface area contributed by atoms with Crippen molar-refractivity contribution in [2.45, 2.75) is 13.0 Å². The molecule has 0 spiro atoms. The lowest BCUT2D eigenvalue weighted by atomic mass is 9.99. The number of nitrogen functional groups attached to an aromatic ring is 2. The maximum absolute atomic E-state index is 11.3. The molecule has 1 aliphatic heterocycles. The number of hydrogen-bond acceptors (Lipinski definition) is 7. The lowest BCUT2D eigenvalue weighted by molar-refractivity contribution is 0.0694. The largest absolute Gasteiger partial charge is 0.507 e. The molecule has 1 aromatic heterocycles. The number of carboxylic acid groups (broad SMARTS) is 1. The van der Waals surface area contributed by atoms with Gasteiger partial charge in [0, 0.05) is 30.5 Å². The van der Waals surface area contributed by atoms with Crippen LogP contribution in [0.3, 0.4) is 0 Å². The van der Waals surface area contributed by atoms with Gasteiger partial charge in [0.1, 0.15) is 17.1 Å². The summed E-state index contributed by atoms with van der Waals surface area (Å²) in [5.74, 6) is -0.868. The van der Waals surface area contributed by atoms with Gasteiger partial charge < -0.3 is 26.6 Å². The third-order valence-corrected chi connectivity index (χ3v) is 4.91. The molecule has 0 amide bonds. The molecule has 2 aromatic carbocycles. The average Bonchev–Trinajstić information content (AvgIpc) is 3.06. The van der Waals surface area contributed by atoms with Gasteiger partial charge in [-0.2, -0.15) is 4.98 Å². The summed E-state index contributed by atoms with van der Waals surface area (Å²) in [6.07, 6.45) is 2.51. The molecule has 4 rings (SSSR count). The van der Waals surface area contributed by atoms with E-state index in [2.05, 4.69) is 20.9 Å². The van der Waals surface area contributed by atoms with Crippen LogP contribution < -0.4 is 16.4 Å². The fourth-order valence-corrected chi connectivity index (χ4v) is 3.46. The number of fused-ring (bicyclic) bond motifs is 1. The summed E-state index contributed by atoms with van der Waals surface area (Å²) in [6.45, 7) is 1.42. The summed E-state index contributed by atoms with van der Waals surface area (Å²) in [4.78, 5) is 21.5. The topological polar surface area (TPSA) is 139 Å². The molecule has 0 unspecified atom stereocenters. The van der Waals surface area contributed by atoms with Crippen molar-refractivity contribution in [2.75, 3.05) is 22.9 Å². The molecule has 1 aliphatic rings. The van der Waals surface area contributed by atoms with Crippen molar-refractivity contribution in [1.29, 1.82) is 0 Å². The first-order chi connectivity index (χ1) is 13.4. The molecule has 0 saturated carbocycles. The summed E-state index contributed by atoms with van der Waals surface area (Å²) in [5.41, 5.74) is 16.1. The zero-order valence-electron chi connectivity index (χ0n) is 15.0. The van der Waals surface area contributed by atoms with E-state index in [9.17, 15) is 15.0 Å². The van der Waals surface area contributed by atoms with Crippen molar-refractivity contribution >= 4 is 23.4 Å². The van der Waals surface area contributed by atoms with Gasteiger partial charge in [-0.05, 0) is 47.4 Å². The highest BCUT2D eigenvalue weighted by Gasteiger charge is 2.21. The quantitative estimate of drug-likeness (QED) is 0.543. The van der Waals surface area contributed by atoms with E-state index in [1.165, 1.54) is 12.1 Å². The predicted octanol–water partition coefficient (Wildman–Crippen LogP) is 2.27. The minimum atomic E-state index is -1.16. The van der Waals surface area contributed by atoms with Crippen LogP contribution >= 0.6 is 0 Å². The number of benzene rings is 2. The number of phenols is 1. The van der Waals surface area contributed by atoms with E-state index in [0.29, 0.717) is 12.4 Å². The van der Waals surface area contributed by atoms with E-state index in [1.807, 2.05) is 12.1 Å². The van der Waals surface area contributed by atoms with Crippen molar-refractivity contribution in [3.8, 4) is 16.9 Å². The summed E-state index contributed by atoms with van der Waals surface area (Å²) < 4.78 is 0. The molecule has 6 N–H and O–H groups in total. The number of anilines is 3. The first kappa shape index (κ1) is 17.6. The average molecular weight is 377 g/mol. The Balaban J connectivity index is 1.62. The highest BCUT2D eigenvalue weighted by atomic mass is 16.4. The van der Waals surface area contributed by atoms with Crippen molar-refractivity contribution in [2.24, 2.45) is 0 Å². The van der Waals surface area contributed by atoms with Crippen LogP contribution in [0.1, 0.15) is 21.5 Å². The normalized spacial score (nSPS) is 12.8. The van der Waals surface area contributed by atoms with E-state index in [4.69, 9.17) is 11.5 Å². The molecular formula is C20H19N5O3. The molecule has 8 heteroatoms. The second-order valence-electron chi connectivity index (χ2n) is 6.69. The minimum Gasteiger partial charge on any atom is -0.507 e. The highest BCUT2D eigenvalue weighted by molar-refractivity contribution is 5.92. The molecule has 3 aromatic rings. The fraction of sp³-hybridized carbons (Fsp3) is 0.150. The van der Waals surface area contributed by atoms with Crippen molar-refractivity contribution < 1.29 is 15.0 Å². The summed E-state index contributed by atoms with van der Waals surface area (Å²) in [5, 5.41) is 18.9. The van der Waals surface area contributed by atoms with Gasteiger partial charge in [-0.3, -0.25) is 0 Å². The first-order valence-corrected chi connectivity index (χ1v) is 8.74. The number of nitrogens with two attached hydrogens (primary N) is 2. The monoisotopic (exact) mass is 377 g/mol. The Morgan fingerprint density at radius 3 is 2.64 bits per heavy atom. The summed E-state index contributed by atoms with van der Waals surface area (Å²) in [7, 11) is 0. The fourth-order valence-electron chi connectivity index (χ4n) is 3.46. The molecule has 0 radical (unpaired) electrons. The molecule has 0 aliphatic carbocycles. The lowest BCUT2D eigenvalue weighted by Crippen LogP contribution is -2.21. The summed E-state index contributed by atoms with van der Waals surface area (Å²) >= 11 is 0. The van der Waals surface area contributed by atoms with Gasteiger partial charge in [-0.1, -0.05) is 12.1 Å². The van der Waals surface area contributed by atoms with Crippen LogP contribution in [0, 0.1) is 0 Å². The first-order valence-electron chi connectivity index (χ1n) is 8.74. The standard InChI is InChI=1S/C20H19N5O3/c21-18-14(9-23-20(22)24-18)10-25-6-5-13-7-11(1-3-16(13)25)12-2-4-17(26)15(8-12)19(27)28/h1-4,7-9,26H,5-6,10H2,(H,27,28)(H4,21,22,23,24).